The number of amides is 2. The Labute approximate surface area is 73.9 Å². The Balaban J connectivity index is 2.63. The standard InChI is InChI=1S/C7H8N2O2S/c8-7(11)9-12-6-4-2-1-3-5(6)10/h1-4,10H,(H3,8,9,11). The van der Waals surface area contributed by atoms with Crippen LogP contribution in [0.25, 0.3) is 0 Å². The Kier molecular flexibility index (Phi) is 2.82. The molecule has 0 saturated carbocycles. The maximum absolute atomic E-state index is 10.3. The normalized spacial score (nSPS) is 9.33. The van der Waals surface area contributed by atoms with Gasteiger partial charge in [-0.25, -0.2) is 4.79 Å². The van der Waals surface area contributed by atoms with Gasteiger partial charge in [-0.1, -0.05) is 12.1 Å². The molecule has 1 aromatic rings. The highest BCUT2D eigenvalue weighted by Crippen LogP contribution is 2.24. The van der Waals surface area contributed by atoms with E-state index in [1.807, 2.05) is 0 Å². The van der Waals surface area contributed by atoms with Crippen LogP contribution in [0, 0.1) is 0 Å². The van der Waals surface area contributed by atoms with E-state index in [4.69, 9.17) is 5.73 Å². The number of benzene rings is 1. The average Bonchev–Trinajstić information content (AvgIpc) is 2.03. The van der Waals surface area contributed by atoms with Crippen molar-refractivity contribution in [3.05, 3.63) is 24.3 Å². The summed E-state index contributed by atoms with van der Waals surface area (Å²) < 4.78 is 2.30. The number of hydrogen-bond donors (Lipinski definition) is 3. The molecule has 4 N–H and O–H groups in total. The van der Waals surface area contributed by atoms with Gasteiger partial charge in [-0.3, -0.25) is 4.72 Å². The molecule has 12 heavy (non-hydrogen) atoms. The first-order valence-electron chi connectivity index (χ1n) is 3.20. The lowest BCUT2D eigenvalue weighted by molar-refractivity contribution is 0.254. The van der Waals surface area contributed by atoms with Crippen molar-refractivity contribution in [3.63, 3.8) is 0 Å². The molecule has 0 bridgehead atoms. The molecule has 0 saturated heterocycles. The molecule has 0 fully saturated rings. The van der Waals surface area contributed by atoms with Crippen LogP contribution in [0.2, 0.25) is 0 Å². The fourth-order valence-electron chi connectivity index (χ4n) is 0.649. The monoisotopic (exact) mass is 184 g/mol. The fourth-order valence-corrected chi connectivity index (χ4v) is 1.18. The molecule has 1 rings (SSSR count). The third-order valence-corrected chi connectivity index (χ3v) is 2.00. The summed E-state index contributed by atoms with van der Waals surface area (Å²) in [4.78, 5) is 10.9. The van der Waals surface area contributed by atoms with Gasteiger partial charge in [0.05, 0.1) is 4.90 Å². The number of primary amides is 1. The second kappa shape index (κ2) is 3.87. The molecular weight excluding hydrogens is 176 g/mol. The van der Waals surface area contributed by atoms with Crippen LogP contribution in [0.15, 0.2) is 29.2 Å². The number of carbonyl (C=O) groups is 1. The molecule has 0 aliphatic rings. The van der Waals surface area contributed by atoms with E-state index in [1.165, 1.54) is 6.07 Å². The maximum atomic E-state index is 10.3. The zero-order chi connectivity index (χ0) is 8.97. The van der Waals surface area contributed by atoms with Crippen molar-refractivity contribution in [3.8, 4) is 5.75 Å². The Hall–Kier alpha value is -1.36. The predicted octanol–water partition coefficient (Wildman–Crippen LogP) is 1.07. The number of aromatic hydroxyl groups is 1. The van der Waals surface area contributed by atoms with E-state index >= 15 is 0 Å². The van der Waals surface area contributed by atoms with Gasteiger partial charge in [0.2, 0.25) is 0 Å². The number of phenolic OH excluding ortho intramolecular Hbond substituents is 1. The highest BCUT2D eigenvalue weighted by atomic mass is 32.2. The second-order valence-electron chi connectivity index (χ2n) is 2.04. The van der Waals surface area contributed by atoms with E-state index < -0.39 is 6.03 Å². The summed E-state index contributed by atoms with van der Waals surface area (Å²) in [5, 5.41) is 9.21. The van der Waals surface area contributed by atoms with Crippen molar-refractivity contribution in [1.29, 1.82) is 0 Å². The van der Waals surface area contributed by atoms with Crippen LogP contribution in [-0.2, 0) is 0 Å². The van der Waals surface area contributed by atoms with Crippen LogP contribution in [0.4, 0.5) is 4.79 Å². The minimum absolute atomic E-state index is 0.122. The van der Waals surface area contributed by atoms with E-state index in [-0.39, 0.29) is 5.75 Å². The van der Waals surface area contributed by atoms with Crippen molar-refractivity contribution in [2.45, 2.75) is 4.90 Å². The molecule has 1 aromatic carbocycles. The summed E-state index contributed by atoms with van der Waals surface area (Å²) in [6.45, 7) is 0. The lowest BCUT2D eigenvalue weighted by Crippen LogP contribution is -2.22. The summed E-state index contributed by atoms with van der Waals surface area (Å²) in [5.41, 5.74) is 4.84. The van der Waals surface area contributed by atoms with E-state index in [0.29, 0.717) is 4.90 Å². The smallest absolute Gasteiger partial charge is 0.322 e. The Morgan fingerprint density at radius 1 is 1.50 bits per heavy atom. The topological polar surface area (TPSA) is 75.4 Å². The molecule has 0 heterocycles. The van der Waals surface area contributed by atoms with Gasteiger partial charge in [0.1, 0.15) is 5.75 Å². The molecule has 4 nitrogen and oxygen atoms in total. The van der Waals surface area contributed by atoms with E-state index in [9.17, 15) is 9.90 Å². The van der Waals surface area contributed by atoms with Crippen LogP contribution in [0.5, 0.6) is 5.75 Å². The van der Waals surface area contributed by atoms with Crippen LogP contribution < -0.4 is 10.5 Å². The number of para-hydroxylation sites is 1. The first-order valence-corrected chi connectivity index (χ1v) is 4.02. The Morgan fingerprint density at radius 3 is 2.75 bits per heavy atom. The van der Waals surface area contributed by atoms with Crippen molar-refractivity contribution < 1.29 is 9.90 Å². The largest absolute Gasteiger partial charge is 0.507 e. The number of rotatable bonds is 2. The molecule has 5 heteroatoms. The SMILES string of the molecule is NC(=O)NSc1ccccc1O. The van der Waals surface area contributed by atoms with Crippen LogP contribution in [0.1, 0.15) is 0 Å². The molecule has 0 unspecified atom stereocenters. The van der Waals surface area contributed by atoms with Crippen molar-refractivity contribution in [2.75, 3.05) is 0 Å². The summed E-state index contributed by atoms with van der Waals surface area (Å²) in [7, 11) is 0. The summed E-state index contributed by atoms with van der Waals surface area (Å²) >= 11 is 0.981. The van der Waals surface area contributed by atoms with Crippen molar-refractivity contribution in [1.82, 2.24) is 4.72 Å². The third-order valence-electron chi connectivity index (χ3n) is 1.13. The minimum Gasteiger partial charge on any atom is -0.507 e. The van der Waals surface area contributed by atoms with Crippen molar-refractivity contribution in [2.24, 2.45) is 5.73 Å². The fraction of sp³-hybridized carbons (Fsp3) is 0. The average molecular weight is 184 g/mol. The van der Waals surface area contributed by atoms with Gasteiger partial charge in [-0.05, 0) is 24.1 Å². The van der Waals surface area contributed by atoms with Gasteiger partial charge in [-0.2, -0.15) is 0 Å². The van der Waals surface area contributed by atoms with Gasteiger partial charge in [0.25, 0.3) is 0 Å². The number of nitrogens with one attached hydrogen (secondary N) is 1. The molecule has 2 amide bonds. The number of phenols is 1. The zero-order valence-electron chi connectivity index (χ0n) is 6.15. The highest BCUT2D eigenvalue weighted by molar-refractivity contribution is 7.98. The molecule has 0 aliphatic carbocycles. The highest BCUT2D eigenvalue weighted by Gasteiger charge is 2.00. The molecule has 0 aliphatic heterocycles. The van der Waals surface area contributed by atoms with Crippen LogP contribution in [0.3, 0.4) is 0 Å². The van der Waals surface area contributed by atoms with E-state index in [1.54, 1.807) is 18.2 Å². The van der Waals surface area contributed by atoms with Gasteiger partial charge in [-0.15, -0.1) is 0 Å². The number of carbonyl (C=O) groups excluding carboxylic acids is 1. The number of urea groups is 1. The molecule has 0 spiro atoms. The second-order valence-corrected chi connectivity index (χ2v) is 2.88. The maximum Gasteiger partial charge on any atom is 0.322 e. The molecule has 0 aromatic heterocycles. The van der Waals surface area contributed by atoms with E-state index in [0.717, 1.165) is 11.9 Å². The summed E-state index contributed by atoms with van der Waals surface area (Å²) in [6, 6.07) is 6.03. The van der Waals surface area contributed by atoms with Gasteiger partial charge in [0.15, 0.2) is 0 Å². The lowest BCUT2D eigenvalue weighted by Gasteiger charge is -2.01. The first kappa shape index (κ1) is 8.73. The number of nitrogens with two attached hydrogens (primary N) is 1. The van der Waals surface area contributed by atoms with E-state index in [2.05, 4.69) is 4.72 Å². The summed E-state index contributed by atoms with van der Waals surface area (Å²) in [5.74, 6) is 0.122. The third kappa shape index (κ3) is 2.35. The summed E-state index contributed by atoms with van der Waals surface area (Å²) in [6.07, 6.45) is 0. The lowest BCUT2D eigenvalue weighted by atomic mass is 10.3. The van der Waals surface area contributed by atoms with Crippen LogP contribution in [-0.4, -0.2) is 11.1 Å². The zero-order valence-corrected chi connectivity index (χ0v) is 6.97. The quantitative estimate of drug-likeness (QED) is 0.602. The van der Waals surface area contributed by atoms with Crippen molar-refractivity contribution >= 4 is 18.0 Å². The Bertz CT molecular complexity index is 290. The minimum atomic E-state index is -0.636. The molecule has 64 valence electrons. The van der Waals surface area contributed by atoms with Crippen LogP contribution >= 0.6 is 11.9 Å². The van der Waals surface area contributed by atoms with Gasteiger partial charge in [0, 0.05) is 0 Å². The predicted molar refractivity (Wildman–Crippen MR) is 46.7 cm³/mol. The number of hydrogen-bond acceptors (Lipinski definition) is 3. The van der Waals surface area contributed by atoms with Gasteiger partial charge < -0.3 is 10.8 Å². The van der Waals surface area contributed by atoms with Gasteiger partial charge >= 0.3 is 6.03 Å². The first-order chi connectivity index (χ1) is 5.70. The molecule has 0 atom stereocenters. The Morgan fingerprint density at radius 2 is 2.17 bits per heavy atom. The molecular formula is C7H8N2O2S. The molecule has 0 radical (unpaired) electrons.